The zero-order valence-electron chi connectivity index (χ0n) is 8.31. The standard InChI is InChI=1S/C12H8ClNO2/c13-7-2-1-6-3-8-11-10(16-11)5-15-12(8)14-9(6)4-7/h1-4,10-11H,5H2. The molecule has 1 aromatic heterocycles. The summed E-state index contributed by atoms with van der Waals surface area (Å²) in [6, 6.07) is 7.77. The summed E-state index contributed by atoms with van der Waals surface area (Å²) in [6.45, 7) is 0.608. The van der Waals surface area contributed by atoms with Crippen molar-refractivity contribution in [2.24, 2.45) is 0 Å². The first-order valence-electron chi connectivity index (χ1n) is 5.20. The quantitative estimate of drug-likeness (QED) is 0.657. The van der Waals surface area contributed by atoms with Crippen LogP contribution in [0.5, 0.6) is 5.88 Å². The van der Waals surface area contributed by atoms with Gasteiger partial charge in [-0.15, -0.1) is 0 Å². The van der Waals surface area contributed by atoms with Gasteiger partial charge in [0.2, 0.25) is 5.88 Å². The van der Waals surface area contributed by atoms with Crippen molar-refractivity contribution in [2.45, 2.75) is 12.2 Å². The molecule has 1 fully saturated rings. The Balaban J connectivity index is 1.99. The third-order valence-electron chi connectivity index (χ3n) is 3.05. The smallest absolute Gasteiger partial charge is 0.220 e. The lowest BCUT2D eigenvalue weighted by Crippen LogP contribution is -2.13. The molecule has 0 radical (unpaired) electrons. The molecule has 1 saturated heterocycles. The van der Waals surface area contributed by atoms with Crippen molar-refractivity contribution in [3.05, 3.63) is 34.9 Å². The van der Waals surface area contributed by atoms with Crippen molar-refractivity contribution in [1.29, 1.82) is 0 Å². The number of rotatable bonds is 0. The van der Waals surface area contributed by atoms with E-state index in [0.717, 1.165) is 16.5 Å². The van der Waals surface area contributed by atoms with Gasteiger partial charge in [-0.3, -0.25) is 0 Å². The minimum atomic E-state index is 0.191. The van der Waals surface area contributed by atoms with Gasteiger partial charge in [-0.1, -0.05) is 17.7 Å². The highest BCUT2D eigenvalue weighted by Gasteiger charge is 2.46. The molecule has 0 saturated carbocycles. The SMILES string of the molecule is Clc1ccc2cc3c(nc2c1)OCC1OC31. The number of aromatic nitrogens is 1. The number of nitrogens with zero attached hydrogens (tertiary/aromatic N) is 1. The van der Waals surface area contributed by atoms with Crippen molar-refractivity contribution < 1.29 is 9.47 Å². The Morgan fingerprint density at radius 1 is 1.31 bits per heavy atom. The predicted octanol–water partition coefficient (Wildman–Crippen LogP) is 2.72. The molecule has 2 unspecified atom stereocenters. The fourth-order valence-corrected chi connectivity index (χ4v) is 2.33. The van der Waals surface area contributed by atoms with E-state index in [1.54, 1.807) is 0 Å². The molecule has 0 aliphatic carbocycles. The first-order valence-corrected chi connectivity index (χ1v) is 5.57. The maximum absolute atomic E-state index is 5.93. The van der Waals surface area contributed by atoms with E-state index in [0.29, 0.717) is 17.5 Å². The molecule has 80 valence electrons. The van der Waals surface area contributed by atoms with E-state index in [4.69, 9.17) is 21.1 Å². The van der Waals surface area contributed by atoms with Crippen molar-refractivity contribution in [3.63, 3.8) is 0 Å². The second kappa shape index (κ2) is 2.87. The predicted molar refractivity (Wildman–Crippen MR) is 59.9 cm³/mol. The molecule has 0 spiro atoms. The molecule has 4 rings (SSSR count). The Morgan fingerprint density at radius 3 is 3.19 bits per heavy atom. The van der Waals surface area contributed by atoms with Gasteiger partial charge in [-0.05, 0) is 18.2 Å². The van der Waals surface area contributed by atoms with Crippen LogP contribution < -0.4 is 4.74 Å². The van der Waals surface area contributed by atoms with Gasteiger partial charge in [-0.25, -0.2) is 4.98 Å². The van der Waals surface area contributed by atoms with Crippen LogP contribution in [0.2, 0.25) is 5.02 Å². The van der Waals surface area contributed by atoms with E-state index < -0.39 is 0 Å². The summed E-state index contributed by atoms with van der Waals surface area (Å²) in [5, 5.41) is 1.76. The maximum atomic E-state index is 5.93. The summed E-state index contributed by atoms with van der Waals surface area (Å²) < 4.78 is 11.0. The van der Waals surface area contributed by atoms with Crippen molar-refractivity contribution in [1.82, 2.24) is 4.98 Å². The van der Waals surface area contributed by atoms with E-state index >= 15 is 0 Å². The van der Waals surface area contributed by atoms with Gasteiger partial charge < -0.3 is 9.47 Å². The molecule has 16 heavy (non-hydrogen) atoms. The largest absolute Gasteiger partial charge is 0.474 e. The summed E-state index contributed by atoms with van der Waals surface area (Å²) in [7, 11) is 0. The monoisotopic (exact) mass is 233 g/mol. The number of hydrogen-bond donors (Lipinski definition) is 0. The first kappa shape index (κ1) is 8.79. The minimum Gasteiger partial charge on any atom is -0.474 e. The molecule has 3 heterocycles. The van der Waals surface area contributed by atoms with E-state index in [-0.39, 0.29) is 12.2 Å². The highest BCUT2D eigenvalue weighted by molar-refractivity contribution is 6.31. The minimum absolute atomic E-state index is 0.191. The molecule has 2 aromatic rings. The summed E-state index contributed by atoms with van der Waals surface area (Å²) in [4.78, 5) is 4.47. The highest BCUT2D eigenvalue weighted by Crippen LogP contribution is 2.46. The summed E-state index contributed by atoms with van der Waals surface area (Å²) in [5.41, 5.74) is 1.93. The molecule has 0 N–H and O–H groups in total. The van der Waals surface area contributed by atoms with Crippen LogP contribution in [0.15, 0.2) is 24.3 Å². The van der Waals surface area contributed by atoms with E-state index in [9.17, 15) is 0 Å². The Labute approximate surface area is 96.9 Å². The number of halogens is 1. The van der Waals surface area contributed by atoms with E-state index in [1.807, 2.05) is 18.2 Å². The van der Waals surface area contributed by atoms with Gasteiger partial charge in [0.1, 0.15) is 18.8 Å². The Kier molecular flexibility index (Phi) is 1.58. The normalized spacial score (nSPS) is 25.8. The van der Waals surface area contributed by atoms with Crippen LogP contribution in [-0.2, 0) is 4.74 Å². The van der Waals surface area contributed by atoms with Gasteiger partial charge in [-0.2, -0.15) is 0 Å². The van der Waals surface area contributed by atoms with Crippen molar-refractivity contribution >= 4 is 22.5 Å². The average Bonchev–Trinajstić information content (AvgIpc) is 3.05. The van der Waals surface area contributed by atoms with E-state index in [2.05, 4.69) is 11.1 Å². The topological polar surface area (TPSA) is 34.6 Å². The Bertz CT molecular complexity index is 599. The number of ether oxygens (including phenoxy) is 2. The lowest BCUT2D eigenvalue weighted by molar-refractivity contribution is 0.260. The molecule has 0 bridgehead atoms. The summed E-state index contributed by atoms with van der Waals surface area (Å²) in [6.07, 6.45) is 0.426. The van der Waals surface area contributed by atoms with Crippen LogP contribution in [0.1, 0.15) is 11.7 Å². The Morgan fingerprint density at radius 2 is 2.25 bits per heavy atom. The highest BCUT2D eigenvalue weighted by atomic mass is 35.5. The van der Waals surface area contributed by atoms with Crippen LogP contribution in [0.25, 0.3) is 10.9 Å². The van der Waals surface area contributed by atoms with Gasteiger partial charge in [0.25, 0.3) is 0 Å². The zero-order valence-corrected chi connectivity index (χ0v) is 9.07. The van der Waals surface area contributed by atoms with Gasteiger partial charge in [0.15, 0.2) is 0 Å². The maximum Gasteiger partial charge on any atom is 0.220 e. The molecule has 0 amide bonds. The summed E-state index contributed by atoms with van der Waals surface area (Å²) >= 11 is 5.93. The molecule has 2 aliphatic heterocycles. The lowest BCUT2D eigenvalue weighted by atomic mass is 10.1. The second-order valence-electron chi connectivity index (χ2n) is 4.13. The molecule has 3 nitrogen and oxygen atoms in total. The average molecular weight is 234 g/mol. The second-order valence-corrected chi connectivity index (χ2v) is 4.56. The number of epoxide rings is 1. The number of fused-ring (bicyclic) bond motifs is 4. The third kappa shape index (κ3) is 1.16. The molecule has 1 aromatic carbocycles. The summed E-state index contributed by atoms with van der Waals surface area (Å²) in [5.74, 6) is 0.688. The number of pyridine rings is 1. The van der Waals surface area contributed by atoms with Crippen LogP contribution in [0, 0.1) is 0 Å². The van der Waals surface area contributed by atoms with Crippen LogP contribution in [0.4, 0.5) is 0 Å². The number of benzene rings is 1. The fourth-order valence-electron chi connectivity index (χ4n) is 2.16. The number of hydrogen-bond acceptors (Lipinski definition) is 3. The molecule has 4 heteroatoms. The first-order chi connectivity index (χ1) is 7.81. The van der Waals surface area contributed by atoms with Crippen LogP contribution in [-0.4, -0.2) is 17.7 Å². The molecular weight excluding hydrogens is 226 g/mol. The lowest BCUT2D eigenvalue weighted by Gasteiger charge is -2.13. The van der Waals surface area contributed by atoms with Crippen LogP contribution in [0.3, 0.4) is 0 Å². The van der Waals surface area contributed by atoms with Crippen molar-refractivity contribution in [2.75, 3.05) is 6.61 Å². The van der Waals surface area contributed by atoms with E-state index in [1.165, 1.54) is 0 Å². The molecule has 2 aliphatic rings. The fraction of sp³-hybridized carbons (Fsp3) is 0.250. The van der Waals surface area contributed by atoms with Crippen molar-refractivity contribution in [3.8, 4) is 5.88 Å². The zero-order chi connectivity index (χ0) is 10.7. The Hall–Kier alpha value is -1.32. The van der Waals surface area contributed by atoms with Gasteiger partial charge in [0, 0.05) is 16.0 Å². The van der Waals surface area contributed by atoms with Gasteiger partial charge >= 0.3 is 0 Å². The third-order valence-corrected chi connectivity index (χ3v) is 3.28. The molecular formula is C12H8ClNO2. The van der Waals surface area contributed by atoms with Crippen LogP contribution >= 0.6 is 11.6 Å². The van der Waals surface area contributed by atoms with Gasteiger partial charge in [0.05, 0.1) is 5.52 Å². The molecule has 2 atom stereocenters.